The highest BCUT2D eigenvalue weighted by molar-refractivity contribution is 5.18. The number of nitrogens with two attached hydrogens (primary N) is 1. The van der Waals surface area contributed by atoms with E-state index in [1.54, 1.807) is 16.9 Å². The maximum atomic E-state index is 13.0. The Hall–Kier alpha value is -1.75. The maximum Gasteiger partial charge on any atom is 0.159 e. The van der Waals surface area contributed by atoms with Crippen LogP contribution >= 0.6 is 0 Å². The van der Waals surface area contributed by atoms with E-state index in [1.807, 2.05) is 13.1 Å². The number of nitrogens with zero attached hydrogens (tertiary/aromatic N) is 2. The lowest BCUT2D eigenvalue weighted by atomic mass is 10.1. The number of hydrogen-bond acceptors (Lipinski definition) is 2. The first-order valence-electron chi connectivity index (χ1n) is 5.82. The van der Waals surface area contributed by atoms with Gasteiger partial charge in [0.05, 0.1) is 12.7 Å². The zero-order valence-electron chi connectivity index (χ0n) is 10.1. The van der Waals surface area contributed by atoms with Crippen LogP contribution in [-0.4, -0.2) is 9.78 Å². The van der Waals surface area contributed by atoms with Gasteiger partial charge in [0, 0.05) is 17.8 Å². The van der Waals surface area contributed by atoms with E-state index in [0.717, 1.165) is 18.1 Å². The van der Waals surface area contributed by atoms with E-state index in [2.05, 4.69) is 5.10 Å². The molecule has 1 aromatic heterocycles. The lowest BCUT2D eigenvalue weighted by Gasteiger charge is -2.05. The van der Waals surface area contributed by atoms with Gasteiger partial charge < -0.3 is 5.73 Å². The molecule has 0 aliphatic carbocycles. The number of rotatable bonds is 4. The Kier molecular flexibility index (Phi) is 3.72. The second kappa shape index (κ2) is 5.27. The summed E-state index contributed by atoms with van der Waals surface area (Å²) >= 11 is 0. The average molecular weight is 251 g/mol. The van der Waals surface area contributed by atoms with Gasteiger partial charge in [-0.1, -0.05) is 13.0 Å². The van der Waals surface area contributed by atoms with Crippen LogP contribution in [0.1, 0.15) is 30.5 Å². The van der Waals surface area contributed by atoms with Gasteiger partial charge in [0.2, 0.25) is 0 Å². The Morgan fingerprint density at radius 3 is 2.78 bits per heavy atom. The van der Waals surface area contributed by atoms with Crippen LogP contribution in [0.25, 0.3) is 0 Å². The van der Waals surface area contributed by atoms with E-state index in [4.69, 9.17) is 5.73 Å². The largest absolute Gasteiger partial charge is 0.324 e. The molecule has 96 valence electrons. The summed E-state index contributed by atoms with van der Waals surface area (Å²) in [4.78, 5) is 0. The van der Waals surface area contributed by atoms with E-state index in [1.165, 1.54) is 6.07 Å². The highest BCUT2D eigenvalue weighted by atomic mass is 19.2. The van der Waals surface area contributed by atoms with Gasteiger partial charge in [-0.15, -0.1) is 0 Å². The van der Waals surface area contributed by atoms with Crippen LogP contribution in [0.3, 0.4) is 0 Å². The van der Waals surface area contributed by atoms with E-state index in [-0.39, 0.29) is 6.04 Å². The normalized spacial score (nSPS) is 12.7. The minimum absolute atomic E-state index is 0.0382. The van der Waals surface area contributed by atoms with Crippen LogP contribution in [0, 0.1) is 11.6 Å². The van der Waals surface area contributed by atoms with Gasteiger partial charge in [-0.05, 0) is 24.1 Å². The van der Waals surface area contributed by atoms with Crippen LogP contribution < -0.4 is 5.73 Å². The number of halogens is 2. The monoisotopic (exact) mass is 251 g/mol. The molecule has 18 heavy (non-hydrogen) atoms. The molecule has 0 spiro atoms. The van der Waals surface area contributed by atoms with Crippen LogP contribution in [0.5, 0.6) is 0 Å². The molecule has 2 rings (SSSR count). The van der Waals surface area contributed by atoms with Crippen molar-refractivity contribution < 1.29 is 8.78 Å². The molecule has 0 radical (unpaired) electrons. The van der Waals surface area contributed by atoms with Crippen molar-refractivity contribution in [3.8, 4) is 0 Å². The van der Waals surface area contributed by atoms with Gasteiger partial charge in [0.1, 0.15) is 0 Å². The van der Waals surface area contributed by atoms with E-state index in [0.29, 0.717) is 12.1 Å². The summed E-state index contributed by atoms with van der Waals surface area (Å²) in [6, 6.07) is 3.80. The van der Waals surface area contributed by atoms with Crippen molar-refractivity contribution >= 4 is 0 Å². The summed E-state index contributed by atoms with van der Waals surface area (Å²) in [5.41, 5.74) is 7.49. The van der Waals surface area contributed by atoms with Crippen molar-refractivity contribution in [2.24, 2.45) is 5.73 Å². The van der Waals surface area contributed by atoms with Crippen molar-refractivity contribution in [1.82, 2.24) is 9.78 Å². The summed E-state index contributed by atoms with van der Waals surface area (Å²) < 4.78 is 27.5. The smallest absolute Gasteiger partial charge is 0.159 e. The molecule has 5 heteroatoms. The molecule has 0 aliphatic rings. The summed E-state index contributed by atoms with van der Waals surface area (Å²) in [6.45, 7) is 2.39. The van der Waals surface area contributed by atoms with Crippen molar-refractivity contribution in [1.29, 1.82) is 0 Å². The first kappa shape index (κ1) is 12.7. The highest BCUT2D eigenvalue weighted by Gasteiger charge is 2.07. The molecule has 0 saturated carbocycles. The Bertz CT molecular complexity index is 537. The fraction of sp³-hybridized carbons (Fsp3) is 0.308. The SMILES string of the molecule is CCC(N)c1cnn(Cc2ccc(F)c(F)c2)c1. The van der Waals surface area contributed by atoms with Crippen LogP contribution in [0.4, 0.5) is 8.78 Å². The van der Waals surface area contributed by atoms with Crippen LogP contribution in [0.2, 0.25) is 0 Å². The van der Waals surface area contributed by atoms with Gasteiger partial charge >= 0.3 is 0 Å². The average Bonchev–Trinajstić information content (AvgIpc) is 2.81. The number of aromatic nitrogens is 2. The van der Waals surface area contributed by atoms with Crippen LogP contribution in [0.15, 0.2) is 30.6 Å². The molecule has 1 unspecified atom stereocenters. The van der Waals surface area contributed by atoms with E-state index < -0.39 is 11.6 Å². The predicted molar refractivity (Wildman–Crippen MR) is 64.9 cm³/mol. The van der Waals surface area contributed by atoms with Crippen molar-refractivity contribution in [3.63, 3.8) is 0 Å². The molecule has 1 heterocycles. The minimum atomic E-state index is -0.842. The standard InChI is InChI=1S/C13H15F2N3/c1-2-13(16)10-6-17-18(8-10)7-9-3-4-11(14)12(15)5-9/h3-6,8,13H,2,7,16H2,1H3. The Balaban J connectivity index is 2.13. The predicted octanol–water partition coefficient (Wildman–Crippen LogP) is 2.62. The second-order valence-corrected chi connectivity index (χ2v) is 4.23. The van der Waals surface area contributed by atoms with Gasteiger partial charge in [-0.25, -0.2) is 8.78 Å². The molecule has 0 aliphatic heterocycles. The lowest BCUT2D eigenvalue weighted by molar-refractivity contribution is 0.505. The summed E-state index contributed by atoms with van der Waals surface area (Å²) in [5, 5.41) is 4.15. The van der Waals surface area contributed by atoms with Gasteiger partial charge in [-0.2, -0.15) is 5.10 Å². The molecule has 0 saturated heterocycles. The van der Waals surface area contributed by atoms with Crippen molar-refractivity contribution in [3.05, 3.63) is 53.4 Å². The molecule has 3 nitrogen and oxygen atoms in total. The summed E-state index contributed by atoms with van der Waals surface area (Å²) in [6.07, 6.45) is 4.36. The molecule has 0 fully saturated rings. The third-order valence-electron chi connectivity index (χ3n) is 2.85. The first-order chi connectivity index (χ1) is 8.60. The first-order valence-corrected chi connectivity index (χ1v) is 5.82. The van der Waals surface area contributed by atoms with Crippen molar-refractivity contribution in [2.45, 2.75) is 25.9 Å². The Labute approximate surface area is 104 Å². The molecule has 1 aromatic carbocycles. The van der Waals surface area contributed by atoms with Gasteiger partial charge in [0.15, 0.2) is 11.6 Å². The number of hydrogen-bond donors (Lipinski definition) is 1. The number of benzene rings is 1. The molecule has 2 N–H and O–H groups in total. The highest BCUT2D eigenvalue weighted by Crippen LogP contribution is 2.14. The minimum Gasteiger partial charge on any atom is -0.324 e. The quantitative estimate of drug-likeness (QED) is 0.907. The summed E-state index contributed by atoms with van der Waals surface area (Å²) in [5.74, 6) is -1.68. The molecule has 0 amide bonds. The van der Waals surface area contributed by atoms with Crippen LogP contribution in [-0.2, 0) is 6.54 Å². The van der Waals surface area contributed by atoms with Gasteiger partial charge in [0.25, 0.3) is 0 Å². The second-order valence-electron chi connectivity index (χ2n) is 4.23. The third kappa shape index (κ3) is 2.73. The molecule has 1 atom stereocenters. The Morgan fingerprint density at radius 1 is 1.33 bits per heavy atom. The Morgan fingerprint density at radius 2 is 2.11 bits per heavy atom. The zero-order chi connectivity index (χ0) is 13.1. The molecular weight excluding hydrogens is 236 g/mol. The van der Waals surface area contributed by atoms with E-state index in [9.17, 15) is 8.78 Å². The lowest BCUT2D eigenvalue weighted by Crippen LogP contribution is -2.07. The third-order valence-corrected chi connectivity index (χ3v) is 2.85. The van der Waals surface area contributed by atoms with E-state index >= 15 is 0 Å². The van der Waals surface area contributed by atoms with Gasteiger partial charge in [-0.3, -0.25) is 4.68 Å². The fourth-order valence-electron chi connectivity index (χ4n) is 1.72. The molecule has 2 aromatic rings. The summed E-state index contributed by atoms with van der Waals surface area (Å²) in [7, 11) is 0. The maximum absolute atomic E-state index is 13.0. The molecular formula is C13H15F2N3. The zero-order valence-corrected chi connectivity index (χ0v) is 10.1. The molecule has 0 bridgehead atoms. The fourth-order valence-corrected chi connectivity index (χ4v) is 1.72. The topological polar surface area (TPSA) is 43.8 Å². The van der Waals surface area contributed by atoms with Crippen molar-refractivity contribution in [2.75, 3.05) is 0 Å².